The molecule has 4 nitrogen and oxygen atoms in total. The number of hydrogen-bond acceptors (Lipinski definition) is 5. The number of carbonyl (C=O) groups excluding carboxylic acids is 1. The van der Waals surface area contributed by atoms with E-state index < -0.39 is 15.1 Å². The quantitative estimate of drug-likeness (QED) is 0.740. The molecule has 0 saturated carbocycles. The summed E-state index contributed by atoms with van der Waals surface area (Å²) in [5, 5.41) is 1.35. The topological polar surface area (TPSA) is 54.5 Å². The van der Waals surface area contributed by atoms with Crippen molar-refractivity contribution < 1.29 is 17.6 Å². The zero-order valence-electron chi connectivity index (χ0n) is 13.4. The molecule has 0 unspecified atom stereocenters. The van der Waals surface area contributed by atoms with E-state index in [-0.39, 0.29) is 29.8 Å². The number of halogens is 1. The highest BCUT2D eigenvalue weighted by Gasteiger charge is 2.33. The van der Waals surface area contributed by atoms with Gasteiger partial charge in [0, 0.05) is 22.9 Å². The van der Waals surface area contributed by atoms with E-state index in [2.05, 4.69) is 0 Å². The van der Waals surface area contributed by atoms with Crippen LogP contribution in [-0.2, 0) is 14.6 Å². The Hall–Kier alpha value is -1.38. The molecule has 1 aliphatic heterocycles. The van der Waals surface area contributed by atoms with E-state index in [4.69, 9.17) is 0 Å². The molecule has 1 amide bonds. The number of nitrogens with zero attached hydrogens (tertiary/aromatic N) is 1. The zero-order valence-corrected chi connectivity index (χ0v) is 15.9. The smallest absolute Gasteiger partial charge is 0.232 e. The first-order valence-corrected chi connectivity index (χ1v) is 11.4. The Morgan fingerprint density at radius 1 is 1.24 bits per heavy atom. The Kier molecular flexibility index (Phi) is 5.81. The van der Waals surface area contributed by atoms with Crippen LogP contribution in [-0.4, -0.2) is 43.8 Å². The van der Waals surface area contributed by atoms with Crippen molar-refractivity contribution in [2.24, 2.45) is 0 Å². The van der Waals surface area contributed by atoms with E-state index >= 15 is 0 Å². The number of hydrogen-bond donors (Lipinski definition) is 0. The average molecular weight is 400 g/mol. The van der Waals surface area contributed by atoms with Gasteiger partial charge in [0.25, 0.3) is 0 Å². The monoisotopic (exact) mass is 399 g/mol. The molecule has 0 aliphatic carbocycles. The summed E-state index contributed by atoms with van der Waals surface area (Å²) in [6, 6.07) is 9.67. The largest absolute Gasteiger partial charge is 0.341 e. The van der Waals surface area contributed by atoms with Crippen LogP contribution < -0.4 is 0 Å². The van der Waals surface area contributed by atoms with Crippen LogP contribution >= 0.6 is 23.1 Å². The molecular weight excluding hydrogens is 381 g/mol. The lowest BCUT2D eigenvalue weighted by Crippen LogP contribution is -2.34. The van der Waals surface area contributed by atoms with Crippen LogP contribution in [0.3, 0.4) is 0 Å². The lowest BCUT2D eigenvalue weighted by atomic mass is 10.2. The van der Waals surface area contributed by atoms with Gasteiger partial charge in [0.1, 0.15) is 5.82 Å². The fourth-order valence-corrected chi connectivity index (χ4v) is 6.56. The average Bonchev–Trinajstić information content (AvgIpc) is 3.05. The Bertz CT molecular complexity index is 819. The molecule has 0 spiro atoms. The summed E-state index contributed by atoms with van der Waals surface area (Å²) in [7, 11) is -3.25. The molecule has 8 heteroatoms. The molecule has 1 aliphatic rings. The predicted molar refractivity (Wildman–Crippen MR) is 99.2 cm³/mol. The number of benzene rings is 1. The number of amides is 1. The highest BCUT2D eigenvalue weighted by atomic mass is 32.2. The van der Waals surface area contributed by atoms with Crippen molar-refractivity contribution in [1.82, 2.24) is 4.90 Å². The van der Waals surface area contributed by atoms with Crippen LogP contribution in [0.15, 0.2) is 46.7 Å². The van der Waals surface area contributed by atoms with E-state index in [1.54, 1.807) is 17.0 Å². The van der Waals surface area contributed by atoms with Crippen molar-refractivity contribution in [2.75, 3.05) is 24.6 Å². The van der Waals surface area contributed by atoms with Crippen LogP contribution in [0.2, 0.25) is 0 Å². The van der Waals surface area contributed by atoms with Gasteiger partial charge in [-0.1, -0.05) is 6.07 Å². The normalized spacial score (nSPS) is 20.2. The molecule has 0 bridgehead atoms. The number of thioether (sulfide) groups is 1. The summed E-state index contributed by atoms with van der Waals surface area (Å²) in [6.45, 7) is 0.664. The second-order valence-electron chi connectivity index (χ2n) is 5.78. The highest BCUT2D eigenvalue weighted by Crippen LogP contribution is 2.32. The minimum Gasteiger partial charge on any atom is -0.341 e. The van der Waals surface area contributed by atoms with Gasteiger partial charge >= 0.3 is 0 Å². The minimum absolute atomic E-state index is 0.0114. The van der Waals surface area contributed by atoms with Crippen molar-refractivity contribution in [3.63, 3.8) is 0 Å². The minimum atomic E-state index is -3.25. The third kappa shape index (κ3) is 4.62. The summed E-state index contributed by atoms with van der Waals surface area (Å²) in [4.78, 5) is 15.7. The van der Waals surface area contributed by atoms with Gasteiger partial charge in [0.15, 0.2) is 9.84 Å². The molecule has 0 N–H and O–H groups in total. The number of thiophene rings is 1. The summed E-state index contributed by atoms with van der Waals surface area (Å²) >= 11 is 2.77. The van der Waals surface area contributed by atoms with E-state index in [1.807, 2.05) is 17.5 Å². The Labute approximate surface area is 155 Å². The molecule has 134 valence electrons. The van der Waals surface area contributed by atoms with E-state index in [0.29, 0.717) is 13.0 Å². The van der Waals surface area contributed by atoms with Crippen molar-refractivity contribution >= 4 is 38.8 Å². The standard InChI is InChI=1S/C17H18FNO3S3/c18-13-3-5-14(6-4-13)24-12-17(20)19-8-7-16(15-2-1-10-23-15)25(21,22)11-9-19/h1-6,10,16H,7-9,11-12H2/t16-/m0/s1. The van der Waals surface area contributed by atoms with E-state index in [9.17, 15) is 17.6 Å². The predicted octanol–water partition coefficient (Wildman–Crippen LogP) is 3.37. The Morgan fingerprint density at radius 3 is 2.68 bits per heavy atom. The van der Waals surface area contributed by atoms with E-state index in [1.165, 1.54) is 35.2 Å². The van der Waals surface area contributed by atoms with Gasteiger partial charge in [0.05, 0.1) is 16.8 Å². The van der Waals surface area contributed by atoms with Gasteiger partial charge in [-0.05, 0) is 42.1 Å². The summed E-state index contributed by atoms with van der Waals surface area (Å²) in [5.41, 5.74) is 0. The molecule has 1 fully saturated rings. The maximum Gasteiger partial charge on any atom is 0.232 e. The SMILES string of the molecule is O=C(CSc1ccc(F)cc1)N1CC[C@@H](c2cccs2)S(=O)(=O)CC1. The second-order valence-corrected chi connectivity index (χ2v) is 10.1. The van der Waals surface area contributed by atoms with Gasteiger partial charge < -0.3 is 4.90 Å². The summed E-state index contributed by atoms with van der Waals surface area (Å²) in [6.07, 6.45) is 0.426. The maximum atomic E-state index is 12.9. The van der Waals surface area contributed by atoms with Gasteiger partial charge in [0.2, 0.25) is 5.91 Å². The fraction of sp³-hybridized carbons (Fsp3) is 0.353. The molecule has 0 radical (unpaired) electrons. The maximum absolute atomic E-state index is 12.9. The van der Waals surface area contributed by atoms with Gasteiger partial charge in [-0.3, -0.25) is 4.79 Å². The molecule has 3 rings (SSSR count). The Morgan fingerprint density at radius 2 is 2.00 bits per heavy atom. The number of rotatable bonds is 4. The molecule has 1 aromatic carbocycles. The second kappa shape index (κ2) is 7.88. The van der Waals surface area contributed by atoms with Gasteiger partial charge in [-0.25, -0.2) is 12.8 Å². The zero-order chi connectivity index (χ0) is 17.9. The molecule has 2 aromatic rings. The van der Waals surface area contributed by atoms with Crippen LogP contribution in [0.1, 0.15) is 16.5 Å². The Balaban J connectivity index is 1.62. The van der Waals surface area contributed by atoms with Crippen LogP contribution in [0.25, 0.3) is 0 Å². The van der Waals surface area contributed by atoms with Crippen molar-refractivity contribution in [2.45, 2.75) is 16.6 Å². The van der Waals surface area contributed by atoms with Gasteiger partial charge in [-0.15, -0.1) is 23.1 Å². The van der Waals surface area contributed by atoms with Gasteiger partial charge in [-0.2, -0.15) is 0 Å². The van der Waals surface area contributed by atoms with Crippen LogP contribution in [0.4, 0.5) is 4.39 Å². The van der Waals surface area contributed by atoms with E-state index in [0.717, 1.165) is 9.77 Å². The third-order valence-corrected chi connectivity index (χ3v) is 8.37. The van der Waals surface area contributed by atoms with Crippen molar-refractivity contribution in [1.29, 1.82) is 0 Å². The molecular formula is C17H18FNO3S3. The number of carbonyl (C=O) groups is 1. The molecule has 2 heterocycles. The summed E-state index contributed by atoms with van der Waals surface area (Å²) < 4.78 is 37.9. The third-order valence-electron chi connectivity index (χ3n) is 4.13. The van der Waals surface area contributed by atoms with Crippen molar-refractivity contribution in [3.05, 3.63) is 52.5 Å². The van der Waals surface area contributed by atoms with Crippen LogP contribution in [0, 0.1) is 5.82 Å². The van der Waals surface area contributed by atoms with Crippen molar-refractivity contribution in [3.8, 4) is 0 Å². The summed E-state index contributed by atoms with van der Waals surface area (Å²) in [5.74, 6) is -0.193. The highest BCUT2D eigenvalue weighted by molar-refractivity contribution is 8.00. The fourth-order valence-electron chi connectivity index (χ4n) is 2.75. The molecule has 25 heavy (non-hydrogen) atoms. The molecule has 1 saturated heterocycles. The first-order valence-electron chi connectivity index (χ1n) is 7.87. The first kappa shape index (κ1) is 18.4. The lowest BCUT2D eigenvalue weighted by molar-refractivity contribution is -0.128. The molecule has 1 aromatic heterocycles. The van der Waals surface area contributed by atoms with Crippen LogP contribution in [0.5, 0.6) is 0 Å². The lowest BCUT2D eigenvalue weighted by Gasteiger charge is -2.19. The molecule has 1 atom stereocenters. The first-order chi connectivity index (χ1) is 12.0. The number of sulfone groups is 1.